The molecule has 0 heterocycles. The number of nitrogens with one attached hydrogen (secondary N) is 1. The zero-order chi connectivity index (χ0) is 23.1. The van der Waals surface area contributed by atoms with Gasteiger partial charge in [-0.25, -0.2) is 13.6 Å². The van der Waals surface area contributed by atoms with Gasteiger partial charge in [-0.2, -0.15) is 0 Å². The molecule has 32 heavy (non-hydrogen) atoms. The summed E-state index contributed by atoms with van der Waals surface area (Å²) >= 11 is 5.89. The molecule has 3 aromatic rings. The van der Waals surface area contributed by atoms with Crippen LogP contribution in [0.1, 0.15) is 21.5 Å². The highest BCUT2D eigenvalue weighted by atomic mass is 35.5. The van der Waals surface area contributed by atoms with Gasteiger partial charge in [0.2, 0.25) is 10.0 Å². The Balaban J connectivity index is 1.56. The maximum absolute atomic E-state index is 12.5. The molecule has 0 aliphatic rings. The van der Waals surface area contributed by atoms with Crippen molar-refractivity contribution in [3.63, 3.8) is 0 Å². The molecule has 0 fully saturated rings. The molecule has 0 aromatic heterocycles. The third-order valence-corrected chi connectivity index (χ3v) is 5.87. The number of sulfonamides is 1. The number of primary sulfonamides is 1. The molecule has 3 rings (SSSR count). The van der Waals surface area contributed by atoms with Crippen LogP contribution in [0.5, 0.6) is 11.5 Å². The molecule has 1 amide bonds. The number of halogens is 1. The van der Waals surface area contributed by atoms with Crippen molar-refractivity contribution >= 4 is 27.5 Å². The fourth-order valence-corrected chi connectivity index (χ4v) is 3.58. The van der Waals surface area contributed by atoms with Crippen LogP contribution in [0.4, 0.5) is 0 Å². The molecule has 0 radical (unpaired) electrons. The van der Waals surface area contributed by atoms with E-state index in [0.29, 0.717) is 41.7 Å². The van der Waals surface area contributed by atoms with Gasteiger partial charge in [0.1, 0.15) is 6.61 Å². The van der Waals surface area contributed by atoms with Crippen molar-refractivity contribution in [2.24, 2.45) is 5.14 Å². The van der Waals surface area contributed by atoms with Crippen LogP contribution in [0.2, 0.25) is 5.02 Å². The number of methoxy groups -OCH3 is 1. The number of amides is 1. The lowest BCUT2D eigenvalue weighted by molar-refractivity contribution is 0.0953. The van der Waals surface area contributed by atoms with E-state index < -0.39 is 10.0 Å². The molecule has 168 valence electrons. The summed E-state index contributed by atoms with van der Waals surface area (Å²) in [7, 11) is -2.21. The van der Waals surface area contributed by atoms with Crippen LogP contribution in [0.25, 0.3) is 0 Å². The predicted octanol–water partition coefficient (Wildman–Crippen LogP) is 3.55. The molecule has 0 atom stereocenters. The molecule has 0 saturated heterocycles. The topological polar surface area (TPSA) is 108 Å². The third-order valence-electron chi connectivity index (χ3n) is 4.68. The molecule has 9 heteroatoms. The first-order valence-electron chi connectivity index (χ1n) is 9.71. The van der Waals surface area contributed by atoms with Crippen molar-refractivity contribution in [3.8, 4) is 11.5 Å². The van der Waals surface area contributed by atoms with Crippen LogP contribution in [0.15, 0.2) is 71.6 Å². The van der Waals surface area contributed by atoms with Crippen molar-refractivity contribution in [2.75, 3.05) is 13.7 Å². The first-order valence-corrected chi connectivity index (χ1v) is 11.6. The second-order valence-electron chi connectivity index (χ2n) is 6.98. The van der Waals surface area contributed by atoms with E-state index in [-0.39, 0.29) is 10.8 Å². The highest BCUT2D eigenvalue weighted by molar-refractivity contribution is 7.89. The Kier molecular flexibility index (Phi) is 7.74. The summed E-state index contributed by atoms with van der Waals surface area (Å²) in [6.07, 6.45) is 0.538. The van der Waals surface area contributed by atoms with Crippen LogP contribution in [0.3, 0.4) is 0 Å². The van der Waals surface area contributed by atoms with Gasteiger partial charge in [0.05, 0.1) is 12.0 Å². The number of carbonyl (C=O) groups is 1. The lowest BCUT2D eigenvalue weighted by atomic mass is 10.1. The normalized spacial score (nSPS) is 11.1. The summed E-state index contributed by atoms with van der Waals surface area (Å²) in [6.45, 7) is 0.716. The summed E-state index contributed by atoms with van der Waals surface area (Å²) in [6, 6.07) is 18.5. The average molecular weight is 475 g/mol. The number of nitrogens with two attached hydrogens (primary N) is 1. The van der Waals surface area contributed by atoms with Crippen LogP contribution in [-0.2, 0) is 23.1 Å². The minimum Gasteiger partial charge on any atom is -0.493 e. The molecular formula is C23H23ClN2O5S. The van der Waals surface area contributed by atoms with Gasteiger partial charge in [-0.1, -0.05) is 35.9 Å². The van der Waals surface area contributed by atoms with E-state index >= 15 is 0 Å². The Bertz CT molecular complexity index is 1180. The first kappa shape index (κ1) is 23.6. The molecule has 7 nitrogen and oxygen atoms in total. The molecule has 0 saturated carbocycles. The van der Waals surface area contributed by atoms with Gasteiger partial charge >= 0.3 is 0 Å². The maximum Gasteiger partial charge on any atom is 0.251 e. The fourth-order valence-electron chi connectivity index (χ4n) is 2.94. The van der Waals surface area contributed by atoms with Crippen molar-refractivity contribution in [2.45, 2.75) is 17.9 Å². The summed E-state index contributed by atoms with van der Waals surface area (Å²) < 4.78 is 33.8. The van der Waals surface area contributed by atoms with Gasteiger partial charge in [-0.05, 0) is 60.0 Å². The Morgan fingerprint density at radius 3 is 2.25 bits per heavy atom. The third kappa shape index (κ3) is 6.46. The summed E-state index contributed by atoms with van der Waals surface area (Å²) in [4.78, 5) is 12.5. The lowest BCUT2D eigenvalue weighted by Crippen LogP contribution is -2.25. The van der Waals surface area contributed by atoms with E-state index in [0.717, 1.165) is 11.1 Å². The second kappa shape index (κ2) is 10.5. The van der Waals surface area contributed by atoms with Crippen LogP contribution in [0, 0.1) is 0 Å². The molecule has 0 aliphatic heterocycles. The predicted molar refractivity (Wildman–Crippen MR) is 123 cm³/mol. The van der Waals surface area contributed by atoms with Crippen LogP contribution < -0.4 is 19.9 Å². The maximum atomic E-state index is 12.5. The van der Waals surface area contributed by atoms with E-state index in [1.54, 1.807) is 42.5 Å². The molecule has 0 unspecified atom stereocenters. The van der Waals surface area contributed by atoms with Gasteiger partial charge in [0.25, 0.3) is 5.91 Å². The smallest absolute Gasteiger partial charge is 0.251 e. The van der Waals surface area contributed by atoms with Crippen LogP contribution >= 0.6 is 11.6 Å². The standard InChI is InChI=1S/C23H23ClN2O5S/c1-30-22-14-18(6-11-21(22)31-15-17-2-7-19(24)8-3-17)23(27)26-13-12-16-4-9-20(10-5-16)32(25,28)29/h2-11,14H,12-13,15H2,1H3,(H,26,27)(H2,25,28,29). The van der Waals surface area contributed by atoms with Crippen molar-refractivity contribution in [1.29, 1.82) is 0 Å². The van der Waals surface area contributed by atoms with Crippen molar-refractivity contribution < 1.29 is 22.7 Å². The minimum absolute atomic E-state index is 0.0516. The molecule has 0 bridgehead atoms. The summed E-state index contributed by atoms with van der Waals surface area (Å²) in [5, 5.41) is 8.58. The number of rotatable bonds is 9. The molecule has 0 aliphatic carbocycles. The van der Waals surface area contributed by atoms with Gasteiger partial charge in [0, 0.05) is 17.1 Å². The lowest BCUT2D eigenvalue weighted by Gasteiger charge is -2.13. The zero-order valence-electron chi connectivity index (χ0n) is 17.4. The number of carbonyl (C=O) groups excluding carboxylic acids is 1. The molecule has 0 spiro atoms. The van der Waals surface area contributed by atoms with Crippen LogP contribution in [-0.4, -0.2) is 28.0 Å². The van der Waals surface area contributed by atoms with Crippen molar-refractivity contribution in [3.05, 3.63) is 88.4 Å². The summed E-state index contributed by atoms with van der Waals surface area (Å²) in [5.74, 6) is 0.716. The Labute approximate surface area is 192 Å². The van der Waals surface area contributed by atoms with Gasteiger partial charge in [-0.3, -0.25) is 4.79 Å². The quantitative estimate of drug-likeness (QED) is 0.493. The van der Waals surface area contributed by atoms with E-state index in [1.807, 2.05) is 12.1 Å². The van der Waals surface area contributed by atoms with Gasteiger partial charge in [0.15, 0.2) is 11.5 Å². The van der Waals surface area contributed by atoms with E-state index in [9.17, 15) is 13.2 Å². The van der Waals surface area contributed by atoms with Crippen molar-refractivity contribution in [1.82, 2.24) is 5.32 Å². The first-order chi connectivity index (χ1) is 15.3. The number of hydrogen-bond acceptors (Lipinski definition) is 5. The Morgan fingerprint density at radius 1 is 0.969 bits per heavy atom. The highest BCUT2D eigenvalue weighted by Gasteiger charge is 2.12. The Hall–Kier alpha value is -3.07. The fraction of sp³-hybridized carbons (Fsp3) is 0.174. The number of ether oxygens (including phenoxy) is 2. The monoisotopic (exact) mass is 474 g/mol. The van der Waals surface area contributed by atoms with Gasteiger partial charge in [-0.15, -0.1) is 0 Å². The second-order valence-corrected chi connectivity index (χ2v) is 8.97. The number of benzene rings is 3. The van der Waals surface area contributed by atoms with E-state index in [4.69, 9.17) is 26.2 Å². The molecule has 3 aromatic carbocycles. The molecular weight excluding hydrogens is 452 g/mol. The zero-order valence-corrected chi connectivity index (χ0v) is 18.9. The van der Waals surface area contributed by atoms with E-state index in [1.165, 1.54) is 19.2 Å². The minimum atomic E-state index is -3.72. The Morgan fingerprint density at radius 2 is 1.62 bits per heavy atom. The van der Waals surface area contributed by atoms with E-state index in [2.05, 4.69) is 5.32 Å². The largest absolute Gasteiger partial charge is 0.493 e. The van der Waals surface area contributed by atoms with Gasteiger partial charge < -0.3 is 14.8 Å². The highest BCUT2D eigenvalue weighted by Crippen LogP contribution is 2.29. The molecule has 3 N–H and O–H groups in total. The average Bonchev–Trinajstić information content (AvgIpc) is 2.78. The number of hydrogen-bond donors (Lipinski definition) is 2. The summed E-state index contributed by atoms with van der Waals surface area (Å²) in [5.41, 5.74) is 2.27. The SMILES string of the molecule is COc1cc(C(=O)NCCc2ccc(S(N)(=O)=O)cc2)ccc1OCc1ccc(Cl)cc1.